The van der Waals surface area contributed by atoms with Crippen LogP contribution in [-0.4, -0.2) is 48.8 Å². The maximum atomic E-state index is 9.38. The monoisotopic (exact) mass is 254 g/mol. The minimum atomic E-state index is -0.179. The van der Waals surface area contributed by atoms with Gasteiger partial charge in [0.15, 0.2) is 0 Å². The van der Waals surface area contributed by atoms with Crippen LogP contribution in [0, 0.1) is 11.8 Å². The Morgan fingerprint density at radius 1 is 1.06 bits per heavy atom. The van der Waals surface area contributed by atoms with Crippen LogP contribution in [0.2, 0.25) is 0 Å². The fourth-order valence-electron chi connectivity index (χ4n) is 3.45. The van der Waals surface area contributed by atoms with Gasteiger partial charge >= 0.3 is 0 Å². The van der Waals surface area contributed by atoms with Crippen molar-refractivity contribution in [1.29, 1.82) is 0 Å². The molecular formula is C15H30N2O. The third-order valence-electron chi connectivity index (χ3n) is 4.57. The molecule has 0 aromatic heterocycles. The van der Waals surface area contributed by atoms with Crippen LogP contribution in [0.15, 0.2) is 0 Å². The second-order valence-corrected chi connectivity index (χ2v) is 6.40. The second kappa shape index (κ2) is 7.46. The molecule has 0 radical (unpaired) electrons. The lowest BCUT2D eigenvalue weighted by Gasteiger charge is -2.32. The Hall–Kier alpha value is -0.120. The molecule has 1 saturated carbocycles. The van der Waals surface area contributed by atoms with Crippen LogP contribution in [0.1, 0.15) is 45.4 Å². The first-order valence-corrected chi connectivity index (χ1v) is 7.85. The summed E-state index contributed by atoms with van der Waals surface area (Å²) < 4.78 is 0. The molecule has 2 rings (SSSR count). The molecule has 1 aliphatic heterocycles. The number of aliphatic hydroxyl groups excluding tert-OH is 1. The first-order valence-electron chi connectivity index (χ1n) is 7.85. The zero-order valence-corrected chi connectivity index (χ0v) is 11.9. The standard InChI is InChI=1S/C15H30N2O/c1-13(18)12-17-8-6-15(7-9-17)11-16-10-14-4-2-3-5-14/h13-16,18H,2-12H2,1H3/t13-/m0/s1. The minimum Gasteiger partial charge on any atom is -0.392 e. The van der Waals surface area contributed by atoms with E-state index in [1.165, 1.54) is 64.7 Å². The number of hydrogen-bond donors (Lipinski definition) is 2. The molecule has 18 heavy (non-hydrogen) atoms. The lowest BCUT2D eigenvalue weighted by atomic mass is 9.96. The SMILES string of the molecule is C[C@H](O)CN1CCC(CNCC2CCCC2)CC1. The number of β-amino-alcohol motifs (C(OH)–C–C–N with tert-alkyl or cyclic N) is 1. The van der Waals surface area contributed by atoms with E-state index in [-0.39, 0.29) is 6.10 Å². The maximum absolute atomic E-state index is 9.38. The molecule has 1 heterocycles. The predicted octanol–water partition coefficient (Wildman–Crippen LogP) is 1.86. The summed E-state index contributed by atoms with van der Waals surface area (Å²) in [6, 6.07) is 0. The highest BCUT2D eigenvalue weighted by atomic mass is 16.3. The van der Waals surface area contributed by atoms with Crippen molar-refractivity contribution in [1.82, 2.24) is 10.2 Å². The van der Waals surface area contributed by atoms with E-state index in [0.29, 0.717) is 0 Å². The summed E-state index contributed by atoms with van der Waals surface area (Å²) >= 11 is 0. The van der Waals surface area contributed by atoms with Crippen molar-refractivity contribution < 1.29 is 5.11 Å². The van der Waals surface area contributed by atoms with Gasteiger partial charge in [-0.15, -0.1) is 0 Å². The van der Waals surface area contributed by atoms with Crippen molar-refractivity contribution in [2.24, 2.45) is 11.8 Å². The van der Waals surface area contributed by atoms with E-state index in [1.807, 2.05) is 6.92 Å². The quantitative estimate of drug-likeness (QED) is 0.759. The highest BCUT2D eigenvalue weighted by Crippen LogP contribution is 2.24. The van der Waals surface area contributed by atoms with Crippen molar-refractivity contribution in [2.75, 3.05) is 32.7 Å². The molecular weight excluding hydrogens is 224 g/mol. The van der Waals surface area contributed by atoms with Gasteiger partial charge < -0.3 is 15.3 Å². The van der Waals surface area contributed by atoms with Gasteiger partial charge in [0, 0.05) is 6.54 Å². The average Bonchev–Trinajstić information content (AvgIpc) is 2.84. The molecule has 1 saturated heterocycles. The zero-order valence-electron chi connectivity index (χ0n) is 11.9. The van der Waals surface area contributed by atoms with Crippen molar-refractivity contribution in [3.63, 3.8) is 0 Å². The Labute approximate surface area is 112 Å². The number of rotatable bonds is 6. The van der Waals surface area contributed by atoms with Gasteiger partial charge in [0.25, 0.3) is 0 Å². The molecule has 1 atom stereocenters. The molecule has 0 bridgehead atoms. The van der Waals surface area contributed by atoms with Crippen LogP contribution >= 0.6 is 0 Å². The molecule has 2 N–H and O–H groups in total. The van der Waals surface area contributed by atoms with Gasteiger partial charge in [-0.3, -0.25) is 0 Å². The first kappa shape index (κ1) is 14.3. The topological polar surface area (TPSA) is 35.5 Å². The smallest absolute Gasteiger partial charge is 0.0639 e. The average molecular weight is 254 g/mol. The minimum absolute atomic E-state index is 0.179. The normalized spacial score (nSPS) is 25.7. The van der Waals surface area contributed by atoms with E-state index >= 15 is 0 Å². The van der Waals surface area contributed by atoms with E-state index in [4.69, 9.17) is 0 Å². The van der Waals surface area contributed by atoms with Crippen LogP contribution in [0.3, 0.4) is 0 Å². The lowest BCUT2D eigenvalue weighted by Crippen LogP contribution is -2.40. The highest BCUT2D eigenvalue weighted by Gasteiger charge is 2.20. The lowest BCUT2D eigenvalue weighted by molar-refractivity contribution is 0.0997. The molecule has 0 aromatic carbocycles. The Morgan fingerprint density at radius 3 is 2.17 bits per heavy atom. The van der Waals surface area contributed by atoms with E-state index < -0.39 is 0 Å². The third kappa shape index (κ3) is 4.87. The highest BCUT2D eigenvalue weighted by molar-refractivity contribution is 4.76. The fourth-order valence-corrected chi connectivity index (χ4v) is 3.45. The molecule has 0 aromatic rings. The molecule has 3 heteroatoms. The number of nitrogens with one attached hydrogen (secondary N) is 1. The first-order chi connectivity index (χ1) is 8.74. The number of piperidine rings is 1. The molecule has 2 aliphatic rings. The van der Waals surface area contributed by atoms with Gasteiger partial charge in [-0.1, -0.05) is 12.8 Å². The molecule has 2 fully saturated rings. The largest absolute Gasteiger partial charge is 0.392 e. The van der Waals surface area contributed by atoms with E-state index in [1.54, 1.807) is 0 Å². The molecule has 0 amide bonds. The summed E-state index contributed by atoms with van der Waals surface area (Å²) in [5.41, 5.74) is 0. The van der Waals surface area contributed by atoms with Crippen molar-refractivity contribution in [3.8, 4) is 0 Å². The summed E-state index contributed by atoms with van der Waals surface area (Å²) in [5, 5.41) is 13.1. The van der Waals surface area contributed by atoms with Crippen molar-refractivity contribution >= 4 is 0 Å². The predicted molar refractivity (Wildman–Crippen MR) is 75.7 cm³/mol. The Bertz CT molecular complexity index is 219. The second-order valence-electron chi connectivity index (χ2n) is 6.40. The Kier molecular flexibility index (Phi) is 5.93. The number of likely N-dealkylation sites (tertiary alicyclic amines) is 1. The number of aliphatic hydroxyl groups is 1. The van der Waals surface area contributed by atoms with Crippen molar-refractivity contribution in [2.45, 2.75) is 51.6 Å². The van der Waals surface area contributed by atoms with Gasteiger partial charge in [-0.25, -0.2) is 0 Å². The summed E-state index contributed by atoms with van der Waals surface area (Å²) in [6.07, 6.45) is 8.20. The van der Waals surface area contributed by atoms with Crippen LogP contribution in [0.25, 0.3) is 0 Å². The van der Waals surface area contributed by atoms with Gasteiger partial charge in [0.2, 0.25) is 0 Å². The van der Waals surface area contributed by atoms with Crippen LogP contribution < -0.4 is 5.32 Å². The molecule has 3 nitrogen and oxygen atoms in total. The Balaban J connectivity index is 1.53. The van der Waals surface area contributed by atoms with Gasteiger partial charge in [0.1, 0.15) is 0 Å². The summed E-state index contributed by atoms with van der Waals surface area (Å²) in [5.74, 6) is 1.82. The molecule has 0 unspecified atom stereocenters. The van der Waals surface area contributed by atoms with E-state index in [9.17, 15) is 5.11 Å². The van der Waals surface area contributed by atoms with Crippen LogP contribution in [0.4, 0.5) is 0 Å². The van der Waals surface area contributed by atoms with Crippen LogP contribution in [-0.2, 0) is 0 Å². The third-order valence-corrected chi connectivity index (χ3v) is 4.57. The molecule has 106 valence electrons. The van der Waals surface area contributed by atoms with Gasteiger partial charge in [-0.05, 0) is 70.6 Å². The van der Waals surface area contributed by atoms with E-state index in [0.717, 1.165) is 18.4 Å². The molecule has 0 spiro atoms. The van der Waals surface area contributed by atoms with Crippen molar-refractivity contribution in [3.05, 3.63) is 0 Å². The summed E-state index contributed by atoms with van der Waals surface area (Å²) in [6.45, 7) is 7.52. The number of hydrogen-bond acceptors (Lipinski definition) is 3. The summed E-state index contributed by atoms with van der Waals surface area (Å²) in [4.78, 5) is 2.40. The van der Waals surface area contributed by atoms with Crippen LogP contribution in [0.5, 0.6) is 0 Å². The maximum Gasteiger partial charge on any atom is 0.0639 e. The van der Waals surface area contributed by atoms with E-state index in [2.05, 4.69) is 10.2 Å². The number of nitrogens with zero attached hydrogens (tertiary/aromatic N) is 1. The van der Waals surface area contributed by atoms with Gasteiger partial charge in [0.05, 0.1) is 6.10 Å². The summed E-state index contributed by atoms with van der Waals surface area (Å²) in [7, 11) is 0. The Morgan fingerprint density at radius 2 is 1.61 bits per heavy atom. The van der Waals surface area contributed by atoms with Gasteiger partial charge in [-0.2, -0.15) is 0 Å². The zero-order chi connectivity index (χ0) is 12.8. The molecule has 1 aliphatic carbocycles. The fraction of sp³-hybridized carbons (Fsp3) is 1.00.